The Balaban J connectivity index is 2.13. The van der Waals surface area contributed by atoms with Gasteiger partial charge in [0.05, 0.1) is 18.8 Å². The van der Waals surface area contributed by atoms with E-state index in [2.05, 4.69) is 25.9 Å². The lowest BCUT2D eigenvalue weighted by Gasteiger charge is -2.24. The summed E-state index contributed by atoms with van der Waals surface area (Å²) < 4.78 is 0. The lowest BCUT2D eigenvalue weighted by atomic mass is 10.0. The van der Waals surface area contributed by atoms with Gasteiger partial charge in [0.15, 0.2) is 0 Å². The van der Waals surface area contributed by atoms with E-state index in [9.17, 15) is 33.9 Å². The number of nitrogens with zero attached hydrogens (tertiary/aromatic N) is 1. The predicted octanol–water partition coefficient (Wildman–Crippen LogP) is -2.20. The molecular weight excluding hydrogens is 514 g/mol. The van der Waals surface area contributed by atoms with E-state index < -0.39 is 72.6 Å². The molecule has 4 unspecified atom stereocenters. The van der Waals surface area contributed by atoms with Crippen molar-refractivity contribution in [2.24, 2.45) is 11.5 Å². The summed E-state index contributed by atoms with van der Waals surface area (Å²) in [6, 6.07) is 3.26. The second-order valence-corrected chi connectivity index (χ2v) is 8.70. The molecule has 0 saturated carbocycles. The standard InChI is InChI=1S/C24H31N7O8/c25-15(8-13-4-2-1-3-5-13)21(35)29-16(6-7-20(33)34)22(36)30-17(10-19(26)32)23(37)31-18(24(38)39)9-14-11-27-12-28-14/h1-5,11-12,15-18H,6-10,25H2,(H2,26,32)(H,27,28)(H,29,35)(H,30,36)(H,31,37)(H,33,34)(H,38,39). The van der Waals surface area contributed by atoms with Crippen molar-refractivity contribution in [2.75, 3.05) is 0 Å². The Labute approximate surface area is 222 Å². The third-order valence-corrected chi connectivity index (χ3v) is 5.55. The van der Waals surface area contributed by atoms with Crippen molar-refractivity contribution in [1.29, 1.82) is 0 Å². The van der Waals surface area contributed by atoms with E-state index >= 15 is 0 Å². The van der Waals surface area contributed by atoms with Crippen molar-refractivity contribution < 1.29 is 39.0 Å². The van der Waals surface area contributed by atoms with Crippen LogP contribution in [-0.4, -0.2) is 79.9 Å². The number of hydrogen-bond donors (Lipinski definition) is 8. The number of amides is 4. The quantitative estimate of drug-likeness (QED) is 0.113. The third kappa shape index (κ3) is 10.6. The normalized spacial score (nSPS) is 13.8. The Bertz CT molecular complexity index is 1160. The zero-order chi connectivity index (χ0) is 28.9. The number of nitrogens with two attached hydrogens (primary N) is 2. The number of carbonyl (C=O) groups is 6. The smallest absolute Gasteiger partial charge is 0.326 e. The van der Waals surface area contributed by atoms with Crippen molar-refractivity contribution in [2.45, 2.75) is 56.3 Å². The third-order valence-electron chi connectivity index (χ3n) is 5.55. The van der Waals surface area contributed by atoms with Crippen molar-refractivity contribution in [1.82, 2.24) is 25.9 Å². The van der Waals surface area contributed by atoms with E-state index in [-0.39, 0.29) is 19.3 Å². The van der Waals surface area contributed by atoms with Crippen molar-refractivity contribution >= 4 is 35.6 Å². The predicted molar refractivity (Wildman–Crippen MR) is 135 cm³/mol. The van der Waals surface area contributed by atoms with Crippen LogP contribution in [0.3, 0.4) is 0 Å². The van der Waals surface area contributed by atoms with Crippen LogP contribution in [0.1, 0.15) is 30.5 Å². The molecule has 0 saturated heterocycles. The molecule has 39 heavy (non-hydrogen) atoms. The Morgan fingerprint density at radius 1 is 0.872 bits per heavy atom. The monoisotopic (exact) mass is 545 g/mol. The average Bonchev–Trinajstić information content (AvgIpc) is 3.38. The number of carbonyl (C=O) groups excluding carboxylic acids is 4. The number of H-pyrrole nitrogens is 1. The van der Waals surface area contributed by atoms with Crippen LogP contribution in [0.25, 0.3) is 0 Å². The van der Waals surface area contributed by atoms with Crippen LogP contribution in [0, 0.1) is 0 Å². The first-order valence-corrected chi connectivity index (χ1v) is 11.9. The van der Waals surface area contributed by atoms with Gasteiger partial charge < -0.3 is 42.6 Å². The molecule has 4 amide bonds. The van der Waals surface area contributed by atoms with Crippen LogP contribution in [0.2, 0.25) is 0 Å². The van der Waals surface area contributed by atoms with Crippen LogP contribution in [-0.2, 0) is 41.6 Å². The molecule has 0 bridgehead atoms. The van der Waals surface area contributed by atoms with Gasteiger partial charge in [-0.3, -0.25) is 24.0 Å². The number of nitrogens with one attached hydrogen (secondary N) is 4. The summed E-state index contributed by atoms with van der Waals surface area (Å²) in [6.45, 7) is 0. The molecule has 15 heteroatoms. The number of imidazole rings is 1. The molecule has 0 aliphatic rings. The Morgan fingerprint density at radius 3 is 2.05 bits per heavy atom. The number of carboxylic acid groups (broad SMARTS) is 2. The highest BCUT2D eigenvalue weighted by atomic mass is 16.4. The Hall–Kier alpha value is -4.79. The maximum atomic E-state index is 13.0. The second kappa shape index (κ2) is 14.8. The van der Waals surface area contributed by atoms with Gasteiger partial charge in [-0.15, -0.1) is 0 Å². The minimum absolute atomic E-state index is 0.138. The van der Waals surface area contributed by atoms with E-state index in [1.165, 1.54) is 12.5 Å². The summed E-state index contributed by atoms with van der Waals surface area (Å²) in [5.41, 5.74) is 12.3. The molecule has 4 atom stereocenters. The highest BCUT2D eigenvalue weighted by molar-refractivity contribution is 5.96. The molecule has 10 N–H and O–H groups in total. The summed E-state index contributed by atoms with van der Waals surface area (Å²) in [5, 5.41) is 25.4. The molecule has 15 nitrogen and oxygen atoms in total. The molecule has 0 radical (unpaired) electrons. The van der Waals surface area contributed by atoms with Crippen LogP contribution >= 0.6 is 0 Å². The van der Waals surface area contributed by atoms with E-state index in [0.29, 0.717) is 5.69 Å². The van der Waals surface area contributed by atoms with E-state index in [1.807, 2.05) is 0 Å². The summed E-state index contributed by atoms with van der Waals surface area (Å²) in [7, 11) is 0. The molecule has 1 heterocycles. The number of rotatable bonds is 16. The molecule has 2 rings (SSSR count). The van der Waals surface area contributed by atoms with Crippen molar-refractivity contribution in [3.63, 3.8) is 0 Å². The number of carboxylic acids is 2. The number of hydrogen-bond acceptors (Lipinski definition) is 8. The first kappa shape index (κ1) is 30.4. The summed E-state index contributed by atoms with van der Waals surface area (Å²) in [5.74, 6) is -6.37. The number of primary amides is 1. The first-order chi connectivity index (χ1) is 18.5. The van der Waals surface area contributed by atoms with Crippen LogP contribution in [0.5, 0.6) is 0 Å². The van der Waals surface area contributed by atoms with Gasteiger partial charge in [-0.1, -0.05) is 30.3 Å². The number of aromatic amines is 1. The van der Waals surface area contributed by atoms with E-state index in [0.717, 1.165) is 5.56 Å². The second-order valence-electron chi connectivity index (χ2n) is 8.70. The van der Waals surface area contributed by atoms with Crippen LogP contribution in [0.4, 0.5) is 0 Å². The summed E-state index contributed by atoms with van der Waals surface area (Å²) >= 11 is 0. The highest BCUT2D eigenvalue weighted by Gasteiger charge is 2.31. The lowest BCUT2D eigenvalue weighted by molar-refractivity contribution is -0.142. The highest BCUT2D eigenvalue weighted by Crippen LogP contribution is 2.06. The Kier molecular flexibility index (Phi) is 11.6. The zero-order valence-electron chi connectivity index (χ0n) is 20.8. The van der Waals surface area contributed by atoms with E-state index in [1.54, 1.807) is 30.3 Å². The molecule has 2 aromatic rings. The first-order valence-electron chi connectivity index (χ1n) is 11.9. The zero-order valence-corrected chi connectivity index (χ0v) is 20.8. The topological polar surface area (TPSA) is 260 Å². The van der Waals surface area contributed by atoms with Gasteiger partial charge in [0, 0.05) is 24.7 Å². The average molecular weight is 546 g/mol. The minimum Gasteiger partial charge on any atom is -0.481 e. The van der Waals surface area contributed by atoms with E-state index in [4.69, 9.17) is 16.6 Å². The van der Waals surface area contributed by atoms with Gasteiger partial charge in [0.2, 0.25) is 23.6 Å². The molecule has 0 aliphatic heterocycles. The molecular formula is C24H31N7O8. The van der Waals surface area contributed by atoms with Crippen LogP contribution in [0.15, 0.2) is 42.9 Å². The number of aromatic nitrogens is 2. The fourth-order valence-electron chi connectivity index (χ4n) is 3.55. The van der Waals surface area contributed by atoms with Gasteiger partial charge >= 0.3 is 11.9 Å². The lowest BCUT2D eigenvalue weighted by Crippen LogP contribution is -2.58. The van der Waals surface area contributed by atoms with Gasteiger partial charge in [-0.05, 0) is 18.4 Å². The number of benzene rings is 1. The largest absolute Gasteiger partial charge is 0.481 e. The van der Waals surface area contributed by atoms with Gasteiger partial charge in [0.25, 0.3) is 0 Å². The fraction of sp³-hybridized carbons (Fsp3) is 0.375. The molecule has 210 valence electrons. The molecule has 1 aromatic heterocycles. The Morgan fingerprint density at radius 2 is 1.49 bits per heavy atom. The van der Waals surface area contributed by atoms with Crippen molar-refractivity contribution in [3.8, 4) is 0 Å². The maximum Gasteiger partial charge on any atom is 0.326 e. The maximum absolute atomic E-state index is 13.0. The summed E-state index contributed by atoms with van der Waals surface area (Å²) in [4.78, 5) is 79.4. The summed E-state index contributed by atoms with van der Waals surface area (Å²) in [6.07, 6.45) is 1.10. The minimum atomic E-state index is -1.61. The van der Waals surface area contributed by atoms with Gasteiger partial charge in [-0.2, -0.15) is 0 Å². The van der Waals surface area contributed by atoms with Gasteiger partial charge in [0.1, 0.15) is 18.1 Å². The van der Waals surface area contributed by atoms with Crippen molar-refractivity contribution in [3.05, 3.63) is 54.1 Å². The SMILES string of the molecule is NC(=O)CC(NC(=O)C(CCC(=O)O)NC(=O)C(N)Cc1ccccc1)C(=O)NC(Cc1cnc[nH]1)C(=O)O. The molecule has 0 fully saturated rings. The molecule has 0 aliphatic carbocycles. The molecule has 1 aromatic carbocycles. The van der Waals surface area contributed by atoms with Crippen LogP contribution < -0.4 is 27.4 Å². The number of aliphatic carboxylic acids is 2. The fourth-order valence-corrected chi connectivity index (χ4v) is 3.55. The van der Waals surface area contributed by atoms with Gasteiger partial charge in [-0.25, -0.2) is 9.78 Å². The molecule has 0 spiro atoms.